The van der Waals surface area contributed by atoms with Crippen LogP contribution < -0.4 is 5.32 Å². The van der Waals surface area contributed by atoms with E-state index in [9.17, 15) is 4.79 Å². The lowest BCUT2D eigenvalue weighted by Gasteiger charge is -2.17. The van der Waals surface area contributed by atoms with Crippen LogP contribution in [0.1, 0.15) is 34.1 Å². The molecule has 1 amide bonds. The molecular weight excluding hydrogens is 186 g/mol. The van der Waals surface area contributed by atoms with Crippen molar-refractivity contribution in [1.29, 1.82) is 0 Å². The number of carbonyl (C=O) groups excluding carboxylic acids is 1. The fourth-order valence-electron chi connectivity index (χ4n) is 1.22. The fourth-order valence-corrected chi connectivity index (χ4v) is 1.36. The van der Waals surface area contributed by atoms with Gasteiger partial charge in [-0.05, 0) is 19.3 Å². The highest BCUT2D eigenvalue weighted by atomic mass is 35.5. The molecule has 0 bridgehead atoms. The summed E-state index contributed by atoms with van der Waals surface area (Å²) < 4.78 is 0. The van der Waals surface area contributed by atoms with Gasteiger partial charge in [-0.2, -0.15) is 0 Å². The van der Waals surface area contributed by atoms with E-state index in [0.29, 0.717) is 11.8 Å². The van der Waals surface area contributed by atoms with Crippen LogP contribution in [0.5, 0.6) is 0 Å². The van der Waals surface area contributed by atoms with E-state index in [1.165, 1.54) is 0 Å². The lowest BCUT2D eigenvalue weighted by molar-refractivity contribution is -0.124. The van der Waals surface area contributed by atoms with Gasteiger partial charge in [-0.25, -0.2) is 0 Å². The second kappa shape index (κ2) is 6.25. The molecule has 0 saturated carbocycles. The lowest BCUT2D eigenvalue weighted by atomic mass is 10.0. The second-order valence-corrected chi connectivity index (χ2v) is 4.40. The summed E-state index contributed by atoms with van der Waals surface area (Å²) in [5, 5.41) is 2.94. The Kier molecular flexibility index (Phi) is 6.13. The molecule has 0 radical (unpaired) electrons. The van der Waals surface area contributed by atoms with Gasteiger partial charge in [-0.3, -0.25) is 4.79 Å². The molecular formula is C10H20ClNO. The van der Waals surface area contributed by atoms with Gasteiger partial charge >= 0.3 is 0 Å². The zero-order valence-electron chi connectivity index (χ0n) is 8.93. The maximum atomic E-state index is 11.4. The molecule has 0 aliphatic rings. The topological polar surface area (TPSA) is 29.1 Å². The Labute approximate surface area is 86.0 Å². The number of hydrogen-bond donors (Lipinski definition) is 1. The Hall–Kier alpha value is -0.240. The molecule has 0 rings (SSSR count). The van der Waals surface area contributed by atoms with Crippen LogP contribution >= 0.6 is 11.6 Å². The van der Waals surface area contributed by atoms with Gasteiger partial charge in [0.2, 0.25) is 5.91 Å². The van der Waals surface area contributed by atoms with Crippen LogP contribution in [0.2, 0.25) is 0 Å². The van der Waals surface area contributed by atoms with Gasteiger partial charge in [-0.15, -0.1) is 11.6 Å². The van der Waals surface area contributed by atoms with Crippen molar-refractivity contribution in [2.45, 2.75) is 40.2 Å². The molecule has 0 aliphatic heterocycles. The standard InChI is InChI=1S/C10H20ClNO/c1-7(2)5-9(4)12-10(13)8(3)6-11/h7-9H,5-6H2,1-4H3,(H,12,13). The number of halogens is 1. The number of carbonyl (C=O) groups is 1. The predicted molar refractivity (Wildman–Crippen MR) is 56.9 cm³/mol. The third kappa shape index (κ3) is 5.92. The van der Waals surface area contributed by atoms with Crippen molar-refractivity contribution in [3.63, 3.8) is 0 Å². The van der Waals surface area contributed by atoms with Crippen LogP contribution in [0.25, 0.3) is 0 Å². The van der Waals surface area contributed by atoms with E-state index in [-0.39, 0.29) is 17.9 Å². The maximum absolute atomic E-state index is 11.4. The van der Waals surface area contributed by atoms with Crippen LogP contribution in [0.15, 0.2) is 0 Å². The summed E-state index contributed by atoms with van der Waals surface area (Å²) in [6, 6.07) is 0.248. The Balaban J connectivity index is 3.77. The number of amides is 1. The van der Waals surface area contributed by atoms with Gasteiger partial charge in [0.25, 0.3) is 0 Å². The zero-order chi connectivity index (χ0) is 10.4. The molecule has 13 heavy (non-hydrogen) atoms. The fraction of sp³-hybridized carbons (Fsp3) is 0.900. The van der Waals surface area contributed by atoms with Crippen molar-refractivity contribution in [3.05, 3.63) is 0 Å². The summed E-state index contributed by atoms with van der Waals surface area (Å²) in [6.07, 6.45) is 1.01. The Bertz CT molecular complexity index is 159. The second-order valence-electron chi connectivity index (χ2n) is 4.09. The number of alkyl halides is 1. The summed E-state index contributed by atoms with van der Waals surface area (Å²) in [6.45, 7) is 8.16. The minimum atomic E-state index is -0.0868. The maximum Gasteiger partial charge on any atom is 0.224 e. The van der Waals surface area contributed by atoms with Crippen molar-refractivity contribution < 1.29 is 4.79 Å². The summed E-state index contributed by atoms with van der Waals surface area (Å²) in [5.74, 6) is 0.973. The highest BCUT2D eigenvalue weighted by Gasteiger charge is 2.14. The minimum Gasteiger partial charge on any atom is -0.353 e. The Morgan fingerprint density at radius 1 is 1.31 bits per heavy atom. The molecule has 0 aromatic rings. The van der Waals surface area contributed by atoms with E-state index < -0.39 is 0 Å². The van der Waals surface area contributed by atoms with Gasteiger partial charge < -0.3 is 5.32 Å². The summed E-state index contributed by atoms with van der Waals surface area (Å²) in [7, 11) is 0. The van der Waals surface area contributed by atoms with E-state index in [0.717, 1.165) is 6.42 Å². The van der Waals surface area contributed by atoms with Crippen molar-refractivity contribution >= 4 is 17.5 Å². The van der Waals surface area contributed by atoms with Gasteiger partial charge in [0.1, 0.15) is 0 Å². The zero-order valence-corrected chi connectivity index (χ0v) is 9.69. The van der Waals surface area contributed by atoms with E-state index >= 15 is 0 Å². The number of hydrogen-bond acceptors (Lipinski definition) is 1. The molecule has 0 saturated heterocycles. The van der Waals surface area contributed by atoms with Crippen LogP contribution in [0.4, 0.5) is 0 Å². The van der Waals surface area contributed by atoms with E-state index in [1.807, 2.05) is 13.8 Å². The average Bonchev–Trinajstić information content (AvgIpc) is 2.01. The third-order valence-electron chi connectivity index (χ3n) is 1.89. The Morgan fingerprint density at radius 2 is 1.85 bits per heavy atom. The van der Waals surface area contributed by atoms with Crippen LogP contribution in [0.3, 0.4) is 0 Å². The normalized spacial score (nSPS) is 15.5. The first-order chi connectivity index (χ1) is 5.97. The smallest absolute Gasteiger partial charge is 0.224 e. The van der Waals surface area contributed by atoms with Crippen molar-refractivity contribution in [2.75, 3.05) is 5.88 Å². The molecule has 1 N–H and O–H groups in total. The molecule has 0 heterocycles. The average molecular weight is 206 g/mol. The van der Waals surface area contributed by atoms with Gasteiger partial charge in [0.15, 0.2) is 0 Å². The first-order valence-electron chi connectivity index (χ1n) is 4.83. The van der Waals surface area contributed by atoms with Crippen LogP contribution in [-0.2, 0) is 4.79 Å². The highest BCUT2D eigenvalue weighted by Crippen LogP contribution is 2.05. The van der Waals surface area contributed by atoms with Crippen LogP contribution in [-0.4, -0.2) is 17.8 Å². The lowest BCUT2D eigenvalue weighted by Crippen LogP contribution is -2.37. The quantitative estimate of drug-likeness (QED) is 0.687. The van der Waals surface area contributed by atoms with Crippen molar-refractivity contribution in [1.82, 2.24) is 5.32 Å². The monoisotopic (exact) mass is 205 g/mol. The molecule has 78 valence electrons. The van der Waals surface area contributed by atoms with E-state index in [2.05, 4.69) is 19.2 Å². The number of rotatable bonds is 5. The van der Waals surface area contributed by atoms with Gasteiger partial charge in [0, 0.05) is 17.8 Å². The van der Waals surface area contributed by atoms with E-state index in [4.69, 9.17) is 11.6 Å². The largest absolute Gasteiger partial charge is 0.353 e. The third-order valence-corrected chi connectivity index (χ3v) is 2.36. The van der Waals surface area contributed by atoms with E-state index in [1.54, 1.807) is 0 Å². The van der Waals surface area contributed by atoms with Gasteiger partial charge in [0.05, 0.1) is 0 Å². The predicted octanol–water partition coefficient (Wildman–Crippen LogP) is 2.41. The summed E-state index contributed by atoms with van der Waals surface area (Å²) >= 11 is 5.58. The molecule has 0 aromatic heterocycles. The molecule has 2 nitrogen and oxygen atoms in total. The molecule has 3 heteroatoms. The van der Waals surface area contributed by atoms with Gasteiger partial charge in [-0.1, -0.05) is 20.8 Å². The molecule has 0 aromatic carbocycles. The molecule has 0 aliphatic carbocycles. The molecule has 2 unspecified atom stereocenters. The van der Waals surface area contributed by atoms with Crippen molar-refractivity contribution in [3.8, 4) is 0 Å². The van der Waals surface area contributed by atoms with Crippen LogP contribution in [0, 0.1) is 11.8 Å². The molecule has 2 atom stereocenters. The first-order valence-corrected chi connectivity index (χ1v) is 5.37. The summed E-state index contributed by atoms with van der Waals surface area (Å²) in [4.78, 5) is 11.4. The number of nitrogens with one attached hydrogen (secondary N) is 1. The molecule has 0 spiro atoms. The summed E-state index contributed by atoms with van der Waals surface area (Å²) in [5.41, 5.74) is 0. The Morgan fingerprint density at radius 3 is 2.23 bits per heavy atom. The minimum absolute atomic E-state index is 0.0585. The SMILES string of the molecule is CC(C)CC(C)NC(=O)C(C)CCl. The van der Waals surface area contributed by atoms with Crippen molar-refractivity contribution in [2.24, 2.45) is 11.8 Å². The molecule has 0 fully saturated rings. The highest BCUT2D eigenvalue weighted by molar-refractivity contribution is 6.19. The first kappa shape index (κ1) is 12.8.